The van der Waals surface area contributed by atoms with Crippen LogP contribution in [0.5, 0.6) is 0 Å². The minimum atomic E-state index is -1.75. The summed E-state index contributed by atoms with van der Waals surface area (Å²) >= 11 is -1.75. The van der Waals surface area contributed by atoms with E-state index in [0.29, 0.717) is 4.90 Å². The Bertz CT molecular complexity index is 372. The normalized spacial score (nSPS) is 13.5. The third kappa shape index (κ3) is 3.14. The maximum absolute atomic E-state index is 11.6. The van der Waals surface area contributed by atoms with Crippen molar-refractivity contribution in [3.63, 3.8) is 0 Å². The van der Waals surface area contributed by atoms with Crippen molar-refractivity contribution in [3.8, 4) is 0 Å². The lowest BCUT2D eigenvalue weighted by atomic mass is 10.1. The summed E-state index contributed by atoms with van der Waals surface area (Å²) in [4.78, 5) is 11.2. The van der Waals surface area contributed by atoms with E-state index in [4.69, 9.17) is 9.29 Å². The Labute approximate surface area is 90.5 Å². The van der Waals surface area contributed by atoms with Crippen LogP contribution >= 0.6 is 0 Å². The molecule has 0 fully saturated rings. The van der Waals surface area contributed by atoms with E-state index in [9.17, 15) is 9.00 Å². The lowest BCUT2D eigenvalue weighted by Gasteiger charge is -2.18. The zero-order chi connectivity index (χ0) is 11.5. The molecule has 0 bridgehead atoms. The van der Waals surface area contributed by atoms with Gasteiger partial charge in [0.1, 0.15) is 0 Å². The molecule has 4 nitrogen and oxygen atoms in total. The molecular weight excluding hydrogens is 216 g/mol. The van der Waals surface area contributed by atoms with Crippen molar-refractivity contribution in [1.29, 1.82) is 0 Å². The zero-order valence-electron chi connectivity index (χ0n) is 8.47. The van der Waals surface area contributed by atoms with E-state index in [1.807, 2.05) is 0 Å². The van der Waals surface area contributed by atoms with Crippen molar-refractivity contribution in [2.45, 2.75) is 24.3 Å². The summed E-state index contributed by atoms with van der Waals surface area (Å²) in [5.41, 5.74) is -1.46. The Kier molecular flexibility index (Phi) is 3.60. The minimum Gasteiger partial charge on any atom is -0.479 e. The van der Waals surface area contributed by atoms with E-state index in [0.717, 1.165) is 0 Å². The van der Waals surface area contributed by atoms with Crippen molar-refractivity contribution in [2.24, 2.45) is 0 Å². The molecule has 15 heavy (non-hydrogen) atoms. The average molecular weight is 228 g/mol. The van der Waals surface area contributed by atoms with Gasteiger partial charge in [-0.2, -0.15) is 0 Å². The topological polar surface area (TPSA) is 63.6 Å². The number of aliphatic carboxylic acids is 1. The summed E-state index contributed by atoms with van der Waals surface area (Å²) in [6, 6.07) is 8.44. The number of hydrogen-bond acceptors (Lipinski definition) is 3. The van der Waals surface area contributed by atoms with Gasteiger partial charge in [-0.1, -0.05) is 18.2 Å². The molecule has 1 atom stereocenters. The first-order valence-corrected chi connectivity index (χ1v) is 5.40. The van der Waals surface area contributed by atoms with Crippen LogP contribution in [0.2, 0.25) is 0 Å². The fraction of sp³-hybridized carbons (Fsp3) is 0.300. The third-order valence-corrected chi connectivity index (χ3v) is 2.96. The monoisotopic (exact) mass is 228 g/mol. The fourth-order valence-corrected chi connectivity index (χ4v) is 1.73. The fourth-order valence-electron chi connectivity index (χ4n) is 0.805. The molecule has 0 saturated heterocycles. The molecule has 0 spiro atoms. The van der Waals surface area contributed by atoms with Crippen LogP contribution in [0.4, 0.5) is 0 Å². The SMILES string of the molecule is CC(C)(OS(=O)c1ccccc1)C(=O)O. The van der Waals surface area contributed by atoms with Gasteiger partial charge < -0.3 is 5.11 Å². The van der Waals surface area contributed by atoms with Crippen LogP contribution in [0.15, 0.2) is 35.2 Å². The van der Waals surface area contributed by atoms with Crippen molar-refractivity contribution >= 4 is 17.0 Å². The highest BCUT2D eigenvalue weighted by Crippen LogP contribution is 2.16. The molecule has 0 aliphatic rings. The van der Waals surface area contributed by atoms with Gasteiger partial charge in [0, 0.05) is 0 Å². The molecule has 0 radical (unpaired) electrons. The van der Waals surface area contributed by atoms with Crippen molar-refractivity contribution < 1.29 is 18.3 Å². The largest absolute Gasteiger partial charge is 0.479 e. The Morgan fingerprint density at radius 2 is 1.87 bits per heavy atom. The quantitative estimate of drug-likeness (QED) is 0.850. The molecule has 0 aromatic heterocycles. The molecule has 0 saturated carbocycles. The van der Waals surface area contributed by atoms with Crippen LogP contribution in [0.1, 0.15) is 13.8 Å². The van der Waals surface area contributed by atoms with Gasteiger partial charge in [-0.05, 0) is 26.0 Å². The highest BCUT2D eigenvalue weighted by molar-refractivity contribution is 7.80. The first kappa shape index (κ1) is 11.9. The highest BCUT2D eigenvalue weighted by atomic mass is 32.2. The van der Waals surface area contributed by atoms with Crippen LogP contribution in [-0.4, -0.2) is 20.9 Å². The predicted molar refractivity (Wildman–Crippen MR) is 55.7 cm³/mol. The maximum atomic E-state index is 11.6. The summed E-state index contributed by atoms with van der Waals surface area (Å²) in [6.45, 7) is 2.71. The minimum absolute atomic E-state index is 0.451. The molecule has 1 unspecified atom stereocenters. The van der Waals surface area contributed by atoms with Crippen molar-refractivity contribution in [1.82, 2.24) is 0 Å². The molecule has 0 aliphatic carbocycles. The molecular formula is C10H12O4S. The number of hydrogen-bond donors (Lipinski definition) is 1. The van der Waals surface area contributed by atoms with Gasteiger partial charge in [-0.3, -0.25) is 4.18 Å². The van der Waals surface area contributed by atoms with Gasteiger partial charge in [0.25, 0.3) is 0 Å². The molecule has 0 amide bonds. The van der Waals surface area contributed by atoms with Crippen molar-refractivity contribution in [3.05, 3.63) is 30.3 Å². The van der Waals surface area contributed by atoms with Gasteiger partial charge >= 0.3 is 5.97 Å². The van der Waals surface area contributed by atoms with Crippen LogP contribution in [-0.2, 0) is 20.1 Å². The first-order chi connectivity index (χ1) is 6.93. The number of benzene rings is 1. The Morgan fingerprint density at radius 3 is 2.33 bits per heavy atom. The molecule has 0 heterocycles. The maximum Gasteiger partial charge on any atom is 0.336 e. The lowest BCUT2D eigenvalue weighted by Crippen LogP contribution is -2.35. The van der Waals surface area contributed by atoms with E-state index in [1.165, 1.54) is 13.8 Å². The summed E-state index contributed by atoms with van der Waals surface area (Å²) in [5, 5.41) is 8.78. The van der Waals surface area contributed by atoms with Gasteiger partial charge in [0.15, 0.2) is 16.7 Å². The first-order valence-electron chi connectivity index (χ1n) is 4.33. The second-order valence-corrected chi connectivity index (χ2v) is 4.55. The van der Waals surface area contributed by atoms with Crippen LogP contribution < -0.4 is 0 Å². The van der Waals surface area contributed by atoms with Crippen LogP contribution in [0.3, 0.4) is 0 Å². The molecule has 1 rings (SSSR count). The zero-order valence-corrected chi connectivity index (χ0v) is 9.28. The lowest BCUT2D eigenvalue weighted by molar-refractivity contribution is -0.151. The number of rotatable bonds is 4. The number of carbonyl (C=O) groups is 1. The summed E-state index contributed by atoms with van der Waals surface area (Å²) in [7, 11) is 0. The second kappa shape index (κ2) is 4.55. The predicted octanol–water partition coefficient (Wildman–Crippen LogP) is 1.59. The molecule has 1 N–H and O–H groups in total. The molecule has 5 heteroatoms. The van der Waals surface area contributed by atoms with Gasteiger partial charge in [-0.25, -0.2) is 9.00 Å². The summed E-state index contributed by atoms with van der Waals surface area (Å²) in [5.74, 6) is -1.15. The van der Waals surface area contributed by atoms with Crippen molar-refractivity contribution in [2.75, 3.05) is 0 Å². The summed E-state index contributed by atoms with van der Waals surface area (Å²) < 4.78 is 16.5. The molecule has 0 aliphatic heterocycles. The van der Waals surface area contributed by atoms with E-state index in [2.05, 4.69) is 0 Å². The second-order valence-electron chi connectivity index (χ2n) is 3.45. The Hall–Kier alpha value is -1.20. The summed E-state index contributed by atoms with van der Waals surface area (Å²) in [6.07, 6.45) is 0. The van der Waals surface area contributed by atoms with Gasteiger partial charge in [0.2, 0.25) is 0 Å². The van der Waals surface area contributed by atoms with Crippen LogP contribution in [0, 0.1) is 0 Å². The number of carboxylic acids is 1. The molecule has 1 aromatic rings. The van der Waals surface area contributed by atoms with Gasteiger partial charge in [0.05, 0.1) is 4.90 Å². The Morgan fingerprint density at radius 1 is 1.33 bits per heavy atom. The molecule has 1 aromatic carbocycles. The number of carboxylic acid groups (broad SMARTS) is 1. The highest BCUT2D eigenvalue weighted by Gasteiger charge is 2.31. The van der Waals surface area contributed by atoms with Gasteiger partial charge in [-0.15, -0.1) is 0 Å². The van der Waals surface area contributed by atoms with E-state index in [1.54, 1.807) is 30.3 Å². The van der Waals surface area contributed by atoms with E-state index >= 15 is 0 Å². The van der Waals surface area contributed by atoms with E-state index < -0.39 is 22.7 Å². The third-order valence-electron chi connectivity index (χ3n) is 1.73. The molecule has 82 valence electrons. The Balaban J connectivity index is 2.77. The smallest absolute Gasteiger partial charge is 0.336 e. The average Bonchev–Trinajstić information content (AvgIpc) is 2.18. The van der Waals surface area contributed by atoms with E-state index in [-0.39, 0.29) is 0 Å². The standard InChI is InChI=1S/C10H12O4S/c1-10(2,9(11)12)14-15(13)8-6-4-3-5-7-8/h3-7H,1-2H3,(H,11,12). The van der Waals surface area contributed by atoms with Crippen LogP contribution in [0.25, 0.3) is 0 Å².